The van der Waals surface area contributed by atoms with Gasteiger partial charge in [0.05, 0.1) is 12.9 Å². The first-order valence-electron chi connectivity index (χ1n) is 9.26. The molecule has 0 aliphatic heterocycles. The first-order valence-corrected chi connectivity index (χ1v) is 10.2. The van der Waals surface area contributed by atoms with Gasteiger partial charge in [0.2, 0.25) is 11.7 Å². The highest BCUT2D eigenvalue weighted by molar-refractivity contribution is 7.98. The standard InChI is InChI=1S/C21H21N5O2S/c1-4-14-5-7-15(8-6-14)19-22-18(28-25-19)13-29-21-24-23-20(26(21)2)16-9-11-17(27-3)12-10-16/h5-12H,4,13H2,1-3H3. The zero-order chi connectivity index (χ0) is 20.2. The van der Waals surface area contributed by atoms with E-state index < -0.39 is 0 Å². The summed E-state index contributed by atoms with van der Waals surface area (Å²) in [5.41, 5.74) is 3.20. The summed E-state index contributed by atoms with van der Waals surface area (Å²) in [6, 6.07) is 15.9. The molecule has 29 heavy (non-hydrogen) atoms. The molecule has 0 unspecified atom stereocenters. The number of benzene rings is 2. The van der Waals surface area contributed by atoms with Crippen molar-refractivity contribution in [1.82, 2.24) is 24.9 Å². The summed E-state index contributed by atoms with van der Waals surface area (Å²) in [5, 5.41) is 13.5. The van der Waals surface area contributed by atoms with Crippen LogP contribution in [0.5, 0.6) is 5.75 Å². The van der Waals surface area contributed by atoms with Crippen molar-refractivity contribution in [3.8, 4) is 28.5 Å². The van der Waals surface area contributed by atoms with Crippen molar-refractivity contribution < 1.29 is 9.26 Å². The first-order chi connectivity index (χ1) is 14.2. The lowest BCUT2D eigenvalue weighted by atomic mass is 10.1. The quantitative estimate of drug-likeness (QED) is 0.420. The van der Waals surface area contributed by atoms with Crippen LogP contribution in [0, 0.1) is 0 Å². The molecule has 0 saturated carbocycles. The van der Waals surface area contributed by atoms with Gasteiger partial charge in [0, 0.05) is 18.2 Å². The third-order valence-electron chi connectivity index (χ3n) is 4.60. The second-order valence-electron chi connectivity index (χ2n) is 6.44. The molecular formula is C21H21N5O2S. The van der Waals surface area contributed by atoms with Crippen LogP contribution in [0.25, 0.3) is 22.8 Å². The molecular weight excluding hydrogens is 386 g/mol. The molecule has 0 N–H and O–H groups in total. The molecule has 0 amide bonds. The van der Waals surface area contributed by atoms with Crippen molar-refractivity contribution in [3.05, 3.63) is 60.0 Å². The largest absolute Gasteiger partial charge is 0.497 e. The van der Waals surface area contributed by atoms with E-state index in [1.807, 2.05) is 48.0 Å². The van der Waals surface area contributed by atoms with Gasteiger partial charge in [0.15, 0.2) is 11.0 Å². The van der Waals surface area contributed by atoms with E-state index in [1.165, 1.54) is 17.3 Å². The minimum atomic E-state index is 0.522. The van der Waals surface area contributed by atoms with E-state index in [-0.39, 0.29) is 0 Å². The minimum Gasteiger partial charge on any atom is -0.497 e. The van der Waals surface area contributed by atoms with E-state index in [2.05, 4.69) is 39.4 Å². The molecule has 2 aromatic carbocycles. The molecule has 4 aromatic rings. The molecule has 0 aliphatic rings. The fraction of sp³-hybridized carbons (Fsp3) is 0.238. The van der Waals surface area contributed by atoms with E-state index >= 15 is 0 Å². The van der Waals surface area contributed by atoms with Crippen LogP contribution >= 0.6 is 11.8 Å². The number of rotatable bonds is 7. The van der Waals surface area contributed by atoms with Crippen LogP contribution in [0.3, 0.4) is 0 Å². The Morgan fingerprint density at radius 3 is 2.41 bits per heavy atom. The lowest BCUT2D eigenvalue weighted by Crippen LogP contribution is -1.95. The maximum absolute atomic E-state index is 5.40. The number of nitrogens with zero attached hydrogens (tertiary/aromatic N) is 5. The molecule has 0 fully saturated rings. The van der Waals surface area contributed by atoms with Gasteiger partial charge in [-0.15, -0.1) is 10.2 Å². The first kappa shape index (κ1) is 19.2. The molecule has 0 spiro atoms. The number of hydrogen-bond acceptors (Lipinski definition) is 7. The third-order valence-corrected chi connectivity index (χ3v) is 5.60. The fourth-order valence-corrected chi connectivity index (χ4v) is 3.63. The fourth-order valence-electron chi connectivity index (χ4n) is 2.88. The average molecular weight is 407 g/mol. The summed E-state index contributed by atoms with van der Waals surface area (Å²) in [6.45, 7) is 2.13. The zero-order valence-electron chi connectivity index (χ0n) is 16.5. The number of ether oxygens (including phenoxy) is 1. The van der Waals surface area contributed by atoms with E-state index in [1.54, 1.807) is 7.11 Å². The van der Waals surface area contributed by atoms with Gasteiger partial charge in [0.1, 0.15) is 5.75 Å². The van der Waals surface area contributed by atoms with Crippen LogP contribution in [-0.2, 0) is 19.2 Å². The molecule has 7 nitrogen and oxygen atoms in total. The van der Waals surface area contributed by atoms with Gasteiger partial charge in [-0.3, -0.25) is 0 Å². The van der Waals surface area contributed by atoms with Crippen LogP contribution in [0.15, 0.2) is 58.2 Å². The monoisotopic (exact) mass is 407 g/mol. The Bertz CT molecular complexity index is 1090. The topological polar surface area (TPSA) is 78.9 Å². The van der Waals surface area contributed by atoms with Crippen molar-refractivity contribution in [1.29, 1.82) is 0 Å². The Kier molecular flexibility index (Phi) is 5.62. The van der Waals surface area contributed by atoms with Crippen molar-refractivity contribution in [2.45, 2.75) is 24.3 Å². The van der Waals surface area contributed by atoms with E-state index in [9.17, 15) is 0 Å². The number of methoxy groups -OCH3 is 1. The summed E-state index contributed by atoms with van der Waals surface area (Å²) in [5.74, 6) is 3.27. The average Bonchev–Trinajstić information content (AvgIpc) is 3.39. The maximum Gasteiger partial charge on any atom is 0.237 e. The summed E-state index contributed by atoms with van der Waals surface area (Å²) in [4.78, 5) is 4.49. The Labute approximate surface area is 173 Å². The molecule has 0 bridgehead atoms. The number of aromatic nitrogens is 5. The van der Waals surface area contributed by atoms with Crippen molar-refractivity contribution in [2.75, 3.05) is 7.11 Å². The van der Waals surface area contributed by atoms with Gasteiger partial charge in [0.25, 0.3) is 0 Å². The van der Waals surface area contributed by atoms with E-state index in [4.69, 9.17) is 9.26 Å². The van der Waals surface area contributed by atoms with Gasteiger partial charge in [-0.25, -0.2) is 0 Å². The molecule has 0 atom stereocenters. The highest BCUT2D eigenvalue weighted by atomic mass is 32.2. The zero-order valence-corrected chi connectivity index (χ0v) is 17.3. The van der Waals surface area contributed by atoms with Crippen molar-refractivity contribution in [3.63, 3.8) is 0 Å². The van der Waals surface area contributed by atoms with Crippen LogP contribution in [0.1, 0.15) is 18.4 Å². The van der Waals surface area contributed by atoms with Gasteiger partial charge >= 0.3 is 0 Å². The second kappa shape index (κ2) is 8.48. The van der Waals surface area contributed by atoms with Crippen molar-refractivity contribution >= 4 is 11.8 Å². The Balaban J connectivity index is 1.44. The Morgan fingerprint density at radius 2 is 1.72 bits per heavy atom. The summed E-state index contributed by atoms with van der Waals surface area (Å²) in [7, 11) is 3.59. The second-order valence-corrected chi connectivity index (χ2v) is 7.39. The Morgan fingerprint density at radius 1 is 1.00 bits per heavy atom. The van der Waals surface area contributed by atoms with Crippen molar-refractivity contribution in [2.24, 2.45) is 7.05 Å². The van der Waals surface area contributed by atoms with Crippen LogP contribution in [0.2, 0.25) is 0 Å². The molecule has 2 aromatic heterocycles. The third kappa shape index (κ3) is 4.17. The van der Waals surface area contributed by atoms with Crippen LogP contribution < -0.4 is 4.74 Å². The van der Waals surface area contributed by atoms with Gasteiger partial charge < -0.3 is 13.8 Å². The van der Waals surface area contributed by atoms with Gasteiger partial charge in [-0.05, 0) is 36.2 Å². The predicted octanol–water partition coefficient (Wildman–Crippen LogP) is 4.40. The molecule has 0 radical (unpaired) electrons. The Hall–Kier alpha value is -3.13. The normalized spacial score (nSPS) is 11.0. The van der Waals surface area contributed by atoms with Gasteiger partial charge in [-0.2, -0.15) is 4.98 Å². The summed E-state index contributed by atoms with van der Waals surface area (Å²) < 4.78 is 12.6. The minimum absolute atomic E-state index is 0.522. The van der Waals surface area contributed by atoms with E-state index in [0.717, 1.165) is 34.3 Å². The van der Waals surface area contributed by atoms with Crippen LogP contribution in [0.4, 0.5) is 0 Å². The van der Waals surface area contributed by atoms with Gasteiger partial charge in [-0.1, -0.05) is 48.1 Å². The van der Waals surface area contributed by atoms with Crippen LogP contribution in [-0.4, -0.2) is 32.0 Å². The predicted molar refractivity (Wildman–Crippen MR) is 112 cm³/mol. The van der Waals surface area contributed by atoms with E-state index in [0.29, 0.717) is 17.5 Å². The SMILES string of the molecule is CCc1ccc(-c2noc(CSc3nnc(-c4ccc(OC)cc4)n3C)n2)cc1. The number of hydrogen-bond donors (Lipinski definition) is 0. The molecule has 2 heterocycles. The molecule has 0 saturated heterocycles. The smallest absolute Gasteiger partial charge is 0.237 e. The summed E-state index contributed by atoms with van der Waals surface area (Å²) >= 11 is 1.51. The summed E-state index contributed by atoms with van der Waals surface area (Å²) in [6.07, 6.45) is 1.00. The lowest BCUT2D eigenvalue weighted by molar-refractivity contribution is 0.391. The molecule has 0 aliphatic carbocycles. The highest BCUT2D eigenvalue weighted by Gasteiger charge is 2.14. The molecule has 4 rings (SSSR count). The molecule has 148 valence electrons. The maximum atomic E-state index is 5.40. The highest BCUT2D eigenvalue weighted by Crippen LogP contribution is 2.26. The number of thioether (sulfide) groups is 1. The molecule has 8 heteroatoms. The lowest BCUT2D eigenvalue weighted by Gasteiger charge is -2.04. The number of aryl methyl sites for hydroxylation is 1.